The molecule has 0 aromatic carbocycles. The van der Waals surface area contributed by atoms with Gasteiger partial charge in [-0.3, -0.25) is 4.90 Å². The van der Waals surface area contributed by atoms with Crippen molar-refractivity contribution in [2.45, 2.75) is 39.2 Å². The van der Waals surface area contributed by atoms with Crippen LogP contribution < -0.4 is 0 Å². The Bertz CT molecular complexity index is 265. The first-order chi connectivity index (χ1) is 6.94. The van der Waals surface area contributed by atoms with Crippen LogP contribution in [0.15, 0.2) is 12.0 Å². The molecule has 0 aromatic rings. The Hall–Kier alpha value is -1.19. The second kappa shape index (κ2) is 4.55. The highest BCUT2D eigenvalue weighted by atomic mass is 16.6. The molecule has 0 unspecified atom stereocenters. The molecule has 4 nitrogen and oxygen atoms in total. The summed E-state index contributed by atoms with van der Waals surface area (Å²) in [4.78, 5) is 13.4. The van der Waals surface area contributed by atoms with Crippen LogP contribution in [0.1, 0.15) is 33.6 Å². The van der Waals surface area contributed by atoms with Crippen molar-refractivity contribution in [1.82, 2.24) is 4.90 Å². The van der Waals surface area contributed by atoms with Crippen LogP contribution in [0.2, 0.25) is 0 Å². The predicted molar refractivity (Wildman–Crippen MR) is 57.3 cm³/mol. The van der Waals surface area contributed by atoms with E-state index in [1.807, 2.05) is 20.8 Å². The van der Waals surface area contributed by atoms with E-state index in [4.69, 9.17) is 9.47 Å². The first-order valence-corrected chi connectivity index (χ1v) is 5.16. The summed E-state index contributed by atoms with van der Waals surface area (Å²) in [5.74, 6) is 0. The molecule has 15 heavy (non-hydrogen) atoms. The normalized spacial score (nSPS) is 19.5. The lowest BCUT2D eigenvalue weighted by Gasteiger charge is -2.24. The van der Waals surface area contributed by atoms with E-state index in [-0.39, 0.29) is 6.09 Å². The molecule has 1 heterocycles. The molecule has 86 valence electrons. The Morgan fingerprint density at radius 3 is 2.67 bits per heavy atom. The topological polar surface area (TPSA) is 38.8 Å². The minimum Gasteiger partial charge on any atom is -0.503 e. The number of carbonyl (C=O) groups excluding carboxylic acids is 1. The average Bonchev–Trinajstić information content (AvgIpc) is 2.49. The van der Waals surface area contributed by atoms with Gasteiger partial charge in [-0.25, -0.2) is 4.79 Å². The van der Waals surface area contributed by atoms with Crippen LogP contribution in [-0.2, 0) is 9.47 Å². The van der Waals surface area contributed by atoms with Gasteiger partial charge in [-0.05, 0) is 33.6 Å². The van der Waals surface area contributed by atoms with Gasteiger partial charge in [0.2, 0.25) is 0 Å². The Balaban J connectivity index is 2.63. The van der Waals surface area contributed by atoms with Crippen LogP contribution in [-0.4, -0.2) is 30.2 Å². The zero-order valence-electron chi connectivity index (χ0n) is 9.87. The Kier molecular flexibility index (Phi) is 3.61. The minimum atomic E-state index is -0.447. The van der Waals surface area contributed by atoms with Gasteiger partial charge >= 0.3 is 6.09 Å². The highest BCUT2D eigenvalue weighted by molar-refractivity contribution is 5.70. The first kappa shape index (κ1) is 11.9. The standard InChI is InChI=1S/C11H19NO3/c1-11(2,3)15-10(13)12-7-5-6-9(12)8-14-4/h8H,5-7H2,1-4H3/b9-8-. The fourth-order valence-electron chi connectivity index (χ4n) is 1.48. The second-order valence-corrected chi connectivity index (χ2v) is 4.58. The van der Waals surface area contributed by atoms with Gasteiger partial charge < -0.3 is 9.47 Å². The van der Waals surface area contributed by atoms with Crippen molar-refractivity contribution in [3.63, 3.8) is 0 Å². The van der Waals surface area contributed by atoms with Crippen LogP contribution >= 0.6 is 0 Å². The monoisotopic (exact) mass is 213 g/mol. The molecule has 4 heteroatoms. The number of methoxy groups -OCH3 is 1. The van der Waals surface area contributed by atoms with Gasteiger partial charge in [0.1, 0.15) is 11.9 Å². The number of ether oxygens (including phenoxy) is 2. The Morgan fingerprint density at radius 2 is 2.13 bits per heavy atom. The van der Waals surface area contributed by atoms with Crippen molar-refractivity contribution < 1.29 is 14.3 Å². The van der Waals surface area contributed by atoms with Gasteiger partial charge in [-0.2, -0.15) is 0 Å². The SMILES string of the molecule is CO/C=C1/CCCN1C(=O)OC(C)(C)C. The maximum atomic E-state index is 11.8. The number of hydrogen-bond acceptors (Lipinski definition) is 3. The minimum absolute atomic E-state index is 0.289. The molecule has 0 spiro atoms. The molecule has 0 N–H and O–H groups in total. The fraction of sp³-hybridized carbons (Fsp3) is 0.727. The molecule has 1 amide bonds. The smallest absolute Gasteiger partial charge is 0.414 e. The lowest BCUT2D eigenvalue weighted by molar-refractivity contribution is 0.0333. The molecule has 0 aliphatic carbocycles. The fourth-order valence-corrected chi connectivity index (χ4v) is 1.48. The quantitative estimate of drug-likeness (QED) is 0.628. The van der Waals surface area contributed by atoms with Crippen LogP contribution in [0.3, 0.4) is 0 Å². The molecule has 0 bridgehead atoms. The first-order valence-electron chi connectivity index (χ1n) is 5.16. The van der Waals surface area contributed by atoms with E-state index < -0.39 is 5.60 Å². The molecular formula is C11H19NO3. The number of amides is 1. The van der Waals surface area contributed by atoms with E-state index in [2.05, 4.69) is 0 Å². The second-order valence-electron chi connectivity index (χ2n) is 4.58. The molecule has 1 aliphatic heterocycles. The molecule has 1 aliphatic rings. The summed E-state index contributed by atoms with van der Waals surface area (Å²) >= 11 is 0. The zero-order valence-corrected chi connectivity index (χ0v) is 9.87. The summed E-state index contributed by atoms with van der Waals surface area (Å²) in [6.07, 6.45) is 3.15. The third-order valence-electron chi connectivity index (χ3n) is 2.03. The van der Waals surface area contributed by atoms with Crippen molar-refractivity contribution in [1.29, 1.82) is 0 Å². The van der Waals surface area contributed by atoms with E-state index in [1.54, 1.807) is 18.3 Å². The van der Waals surface area contributed by atoms with Crippen molar-refractivity contribution in [3.8, 4) is 0 Å². The van der Waals surface area contributed by atoms with Crippen LogP contribution in [0.4, 0.5) is 4.79 Å². The molecule has 0 saturated carbocycles. The Labute approximate surface area is 90.8 Å². The summed E-state index contributed by atoms with van der Waals surface area (Å²) in [5, 5.41) is 0. The van der Waals surface area contributed by atoms with Crippen molar-refractivity contribution in [2.75, 3.05) is 13.7 Å². The van der Waals surface area contributed by atoms with Crippen LogP contribution in [0, 0.1) is 0 Å². The lowest BCUT2D eigenvalue weighted by atomic mass is 10.2. The van der Waals surface area contributed by atoms with Crippen molar-refractivity contribution in [2.24, 2.45) is 0 Å². The molecule has 0 aromatic heterocycles. The highest BCUT2D eigenvalue weighted by Gasteiger charge is 2.28. The van der Waals surface area contributed by atoms with Crippen LogP contribution in [0.5, 0.6) is 0 Å². The summed E-state index contributed by atoms with van der Waals surface area (Å²) in [6.45, 7) is 6.30. The number of likely N-dealkylation sites (tertiary alicyclic amines) is 1. The lowest BCUT2D eigenvalue weighted by Crippen LogP contribution is -2.34. The highest BCUT2D eigenvalue weighted by Crippen LogP contribution is 2.23. The molecule has 1 fully saturated rings. The Morgan fingerprint density at radius 1 is 1.47 bits per heavy atom. The number of allylic oxidation sites excluding steroid dienone is 1. The summed E-state index contributed by atoms with van der Waals surface area (Å²) in [6, 6.07) is 0. The summed E-state index contributed by atoms with van der Waals surface area (Å²) < 4.78 is 10.2. The number of hydrogen-bond donors (Lipinski definition) is 0. The maximum Gasteiger partial charge on any atom is 0.414 e. The van der Waals surface area contributed by atoms with Crippen LogP contribution in [0.25, 0.3) is 0 Å². The number of rotatable bonds is 1. The molecular weight excluding hydrogens is 194 g/mol. The molecule has 1 saturated heterocycles. The molecule has 0 radical (unpaired) electrons. The zero-order chi connectivity index (χ0) is 11.5. The van der Waals surface area contributed by atoms with E-state index in [9.17, 15) is 4.79 Å². The molecule has 1 rings (SSSR count). The van der Waals surface area contributed by atoms with Crippen molar-refractivity contribution >= 4 is 6.09 Å². The third-order valence-corrected chi connectivity index (χ3v) is 2.03. The molecule has 0 atom stereocenters. The van der Waals surface area contributed by atoms with Gasteiger partial charge in [-0.1, -0.05) is 0 Å². The number of nitrogens with zero attached hydrogens (tertiary/aromatic N) is 1. The van der Waals surface area contributed by atoms with Gasteiger partial charge in [0.15, 0.2) is 0 Å². The van der Waals surface area contributed by atoms with E-state index in [0.29, 0.717) is 6.54 Å². The van der Waals surface area contributed by atoms with Gasteiger partial charge in [0.05, 0.1) is 12.8 Å². The summed E-state index contributed by atoms with van der Waals surface area (Å²) in [7, 11) is 1.58. The van der Waals surface area contributed by atoms with Gasteiger partial charge in [0, 0.05) is 6.54 Å². The third kappa shape index (κ3) is 3.46. The van der Waals surface area contributed by atoms with E-state index in [1.165, 1.54) is 0 Å². The van der Waals surface area contributed by atoms with E-state index >= 15 is 0 Å². The predicted octanol–water partition coefficient (Wildman–Crippen LogP) is 2.51. The van der Waals surface area contributed by atoms with Crippen molar-refractivity contribution in [3.05, 3.63) is 12.0 Å². The van der Waals surface area contributed by atoms with Gasteiger partial charge in [0.25, 0.3) is 0 Å². The number of carbonyl (C=O) groups is 1. The van der Waals surface area contributed by atoms with Gasteiger partial charge in [-0.15, -0.1) is 0 Å². The van der Waals surface area contributed by atoms with E-state index in [0.717, 1.165) is 18.5 Å². The maximum absolute atomic E-state index is 11.8. The average molecular weight is 213 g/mol. The summed E-state index contributed by atoms with van der Waals surface area (Å²) in [5.41, 5.74) is 0.449. The largest absolute Gasteiger partial charge is 0.503 e.